The fourth-order valence-corrected chi connectivity index (χ4v) is 3.48. The van der Waals surface area contributed by atoms with Gasteiger partial charge in [-0.25, -0.2) is 0 Å². The Morgan fingerprint density at radius 3 is 2.62 bits per heavy atom. The van der Waals surface area contributed by atoms with E-state index in [-0.39, 0.29) is 31.1 Å². The quantitative estimate of drug-likeness (QED) is 0.371. The van der Waals surface area contributed by atoms with Crippen molar-refractivity contribution < 1.29 is 33.5 Å². The maximum atomic E-state index is 12.1. The summed E-state index contributed by atoms with van der Waals surface area (Å²) in [5.41, 5.74) is 0.346. The van der Waals surface area contributed by atoms with Crippen LogP contribution in [0.3, 0.4) is 0 Å². The SMILES string of the molecule is COc1ccc(OC)c(NC(=O)COC(=O)C[C@H]2C(=O)C[C@@H](C)[C@H]2C[N+](=O)[O-])c1. The average Bonchev–Trinajstić information content (AvgIpc) is 2.92. The maximum Gasteiger partial charge on any atom is 0.307 e. The first-order chi connectivity index (χ1) is 13.7. The van der Waals surface area contributed by atoms with E-state index in [1.54, 1.807) is 25.1 Å². The van der Waals surface area contributed by atoms with Crippen molar-refractivity contribution in [2.75, 3.05) is 32.7 Å². The fraction of sp³-hybridized carbons (Fsp3) is 0.526. The van der Waals surface area contributed by atoms with Gasteiger partial charge in [-0.2, -0.15) is 0 Å². The molecule has 158 valence electrons. The molecule has 29 heavy (non-hydrogen) atoms. The molecule has 0 unspecified atom stereocenters. The van der Waals surface area contributed by atoms with Crippen LogP contribution in [0.1, 0.15) is 19.8 Å². The molecule has 0 saturated heterocycles. The lowest BCUT2D eigenvalue weighted by Crippen LogP contribution is -2.28. The molecule has 10 heteroatoms. The van der Waals surface area contributed by atoms with Crippen LogP contribution >= 0.6 is 0 Å². The van der Waals surface area contributed by atoms with E-state index in [0.29, 0.717) is 17.2 Å². The van der Waals surface area contributed by atoms with E-state index in [1.807, 2.05) is 0 Å². The fourth-order valence-electron chi connectivity index (χ4n) is 3.48. The van der Waals surface area contributed by atoms with Gasteiger partial charge in [-0.3, -0.25) is 24.5 Å². The molecule has 0 heterocycles. The van der Waals surface area contributed by atoms with Crippen LogP contribution in [-0.4, -0.2) is 50.0 Å². The van der Waals surface area contributed by atoms with E-state index < -0.39 is 35.2 Å². The van der Waals surface area contributed by atoms with Crippen molar-refractivity contribution in [3.8, 4) is 11.5 Å². The number of hydrogen-bond donors (Lipinski definition) is 1. The van der Waals surface area contributed by atoms with Gasteiger partial charge in [0.2, 0.25) is 6.54 Å². The van der Waals surface area contributed by atoms with Gasteiger partial charge in [0.15, 0.2) is 6.61 Å². The summed E-state index contributed by atoms with van der Waals surface area (Å²) in [6, 6.07) is 4.83. The Morgan fingerprint density at radius 2 is 2.00 bits per heavy atom. The normalized spacial score (nSPS) is 20.8. The number of Topliss-reactive ketones (excluding diaryl/α,β-unsaturated/α-hetero) is 1. The van der Waals surface area contributed by atoms with Gasteiger partial charge in [0.1, 0.15) is 17.3 Å². The van der Waals surface area contributed by atoms with Crippen LogP contribution in [0.2, 0.25) is 0 Å². The first-order valence-corrected chi connectivity index (χ1v) is 9.07. The van der Waals surface area contributed by atoms with Crippen molar-refractivity contribution in [2.24, 2.45) is 17.8 Å². The summed E-state index contributed by atoms with van der Waals surface area (Å²) in [6.07, 6.45) is -0.0794. The van der Waals surface area contributed by atoms with Gasteiger partial charge in [-0.05, 0) is 18.1 Å². The number of carbonyl (C=O) groups is 3. The molecule has 0 radical (unpaired) electrons. The van der Waals surface area contributed by atoms with Crippen LogP contribution in [0.25, 0.3) is 0 Å². The lowest BCUT2D eigenvalue weighted by Gasteiger charge is -2.17. The number of ether oxygens (including phenoxy) is 3. The summed E-state index contributed by atoms with van der Waals surface area (Å²) < 4.78 is 15.2. The zero-order valence-corrected chi connectivity index (χ0v) is 16.5. The first-order valence-electron chi connectivity index (χ1n) is 9.07. The average molecular weight is 408 g/mol. The minimum absolute atomic E-state index is 0.172. The Labute approximate surface area is 167 Å². The zero-order valence-electron chi connectivity index (χ0n) is 16.5. The number of hydrogen-bond acceptors (Lipinski definition) is 8. The highest BCUT2D eigenvalue weighted by atomic mass is 16.6. The Bertz CT molecular complexity index is 794. The molecule has 1 amide bonds. The second-order valence-electron chi connectivity index (χ2n) is 6.91. The van der Waals surface area contributed by atoms with Crippen LogP contribution in [-0.2, 0) is 19.1 Å². The van der Waals surface area contributed by atoms with Gasteiger partial charge in [0.05, 0.1) is 26.3 Å². The Balaban J connectivity index is 1.91. The number of rotatable bonds is 9. The van der Waals surface area contributed by atoms with Crippen molar-refractivity contribution in [3.05, 3.63) is 28.3 Å². The molecule has 1 aliphatic rings. The number of nitrogens with zero attached hydrogens (tertiary/aromatic N) is 1. The summed E-state index contributed by atoms with van der Waals surface area (Å²) in [6.45, 7) is 0.822. The van der Waals surface area contributed by atoms with E-state index in [1.165, 1.54) is 14.2 Å². The minimum atomic E-state index is -0.760. The van der Waals surface area contributed by atoms with Gasteiger partial charge in [0.25, 0.3) is 5.91 Å². The number of amides is 1. The van der Waals surface area contributed by atoms with E-state index in [4.69, 9.17) is 14.2 Å². The number of methoxy groups -OCH3 is 2. The Hall–Kier alpha value is -3.17. The molecule has 1 aliphatic carbocycles. The molecule has 0 bridgehead atoms. The molecule has 1 aromatic carbocycles. The van der Waals surface area contributed by atoms with Gasteiger partial charge in [-0.15, -0.1) is 0 Å². The van der Waals surface area contributed by atoms with E-state index in [9.17, 15) is 24.5 Å². The van der Waals surface area contributed by atoms with Gasteiger partial charge in [0, 0.05) is 29.2 Å². The molecular weight excluding hydrogens is 384 g/mol. The van der Waals surface area contributed by atoms with Crippen LogP contribution in [0, 0.1) is 27.9 Å². The predicted molar refractivity (Wildman–Crippen MR) is 101 cm³/mol. The third kappa shape index (κ3) is 5.90. The zero-order chi connectivity index (χ0) is 21.6. The third-order valence-electron chi connectivity index (χ3n) is 4.98. The molecule has 10 nitrogen and oxygen atoms in total. The lowest BCUT2D eigenvalue weighted by molar-refractivity contribution is -0.490. The molecule has 0 aliphatic heterocycles. The molecule has 1 saturated carbocycles. The van der Waals surface area contributed by atoms with Gasteiger partial charge < -0.3 is 19.5 Å². The summed E-state index contributed by atoms with van der Waals surface area (Å²) in [5, 5.41) is 13.4. The number of nitrogens with one attached hydrogen (secondary N) is 1. The number of ketones is 1. The highest BCUT2D eigenvalue weighted by molar-refractivity contribution is 5.94. The van der Waals surface area contributed by atoms with Crippen LogP contribution in [0.4, 0.5) is 5.69 Å². The number of anilines is 1. The maximum absolute atomic E-state index is 12.1. The monoisotopic (exact) mass is 408 g/mol. The van der Waals surface area contributed by atoms with Crippen molar-refractivity contribution in [1.29, 1.82) is 0 Å². The molecule has 0 aromatic heterocycles. The summed E-state index contributed by atoms with van der Waals surface area (Å²) in [7, 11) is 2.92. The van der Waals surface area contributed by atoms with Crippen molar-refractivity contribution >= 4 is 23.3 Å². The second-order valence-corrected chi connectivity index (χ2v) is 6.91. The summed E-state index contributed by atoms with van der Waals surface area (Å²) in [4.78, 5) is 46.6. The summed E-state index contributed by atoms with van der Waals surface area (Å²) >= 11 is 0. The molecule has 1 aromatic rings. The number of nitro groups is 1. The number of esters is 1. The molecule has 3 atom stereocenters. The van der Waals surface area contributed by atoms with E-state index in [0.717, 1.165) is 0 Å². The summed E-state index contributed by atoms with van der Waals surface area (Å²) in [5.74, 6) is -2.08. The van der Waals surface area contributed by atoms with Crippen LogP contribution in [0.5, 0.6) is 11.5 Å². The highest BCUT2D eigenvalue weighted by Gasteiger charge is 2.44. The van der Waals surface area contributed by atoms with Crippen LogP contribution in [0.15, 0.2) is 18.2 Å². The number of benzene rings is 1. The second kappa shape index (κ2) is 9.85. The molecule has 0 spiro atoms. The van der Waals surface area contributed by atoms with Crippen molar-refractivity contribution in [1.82, 2.24) is 0 Å². The smallest absolute Gasteiger partial charge is 0.307 e. The van der Waals surface area contributed by atoms with Gasteiger partial charge >= 0.3 is 5.97 Å². The Morgan fingerprint density at radius 1 is 1.28 bits per heavy atom. The largest absolute Gasteiger partial charge is 0.497 e. The molecule has 1 fully saturated rings. The molecule has 2 rings (SSSR count). The molecule has 1 N–H and O–H groups in total. The van der Waals surface area contributed by atoms with E-state index in [2.05, 4.69) is 5.32 Å². The molecular formula is C19H24N2O8. The van der Waals surface area contributed by atoms with Crippen molar-refractivity contribution in [3.63, 3.8) is 0 Å². The predicted octanol–water partition coefficient (Wildman–Crippen LogP) is 1.69. The van der Waals surface area contributed by atoms with Crippen LogP contribution < -0.4 is 14.8 Å². The van der Waals surface area contributed by atoms with Gasteiger partial charge in [-0.1, -0.05) is 6.92 Å². The lowest BCUT2D eigenvalue weighted by atomic mass is 9.88. The minimum Gasteiger partial charge on any atom is -0.497 e. The van der Waals surface area contributed by atoms with E-state index >= 15 is 0 Å². The highest BCUT2D eigenvalue weighted by Crippen LogP contribution is 2.36. The van der Waals surface area contributed by atoms with Crippen molar-refractivity contribution in [2.45, 2.75) is 19.8 Å². The Kier molecular flexibility index (Phi) is 7.52. The topological polar surface area (TPSA) is 134 Å². The third-order valence-corrected chi connectivity index (χ3v) is 4.98. The standard InChI is InChI=1S/C19H24N2O8/c1-11-6-16(22)13(14(11)9-21(25)26)8-19(24)29-10-18(23)20-15-7-12(27-2)4-5-17(15)28-3/h4-5,7,11,13-14H,6,8-10H2,1-3H3,(H,20,23)/t11-,13-,14-/m1/s1. The number of carbonyl (C=O) groups excluding carboxylic acids is 3. The first kappa shape index (κ1) is 22.1.